The van der Waals surface area contributed by atoms with Gasteiger partial charge in [0.2, 0.25) is 0 Å². The molecule has 1 N–H and O–H groups in total. The predicted molar refractivity (Wildman–Crippen MR) is 84.9 cm³/mol. The Balaban J connectivity index is 1.64. The summed E-state index contributed by atoms with van der Waals surface area (Å²) in [5, 5.41) is 3.71. The molecular weight excluding hydrogens is 278 g/mol. The molecule has 0 amide bonds. The van der Waals surface area contributed by atoms with Crippen molar-refractivity contribution >= 4 is 5.97 Å². The SMILES string of the molecule is CCOC(=O)[C@@H]1CCC[C@@H]1NC1CCOc2ccccc2C1. The number of para-hydroxylation sites is 1. The highest BCUT2D eigenvalue weighted by Gasteiger charge is 2.35. The van der Waals surface area contributed by atoms with Crippen molar-refractivity contribution in [2.45, 2.75) is 51.1 Å². The van der Waals surface area contributed by atoms with E-state index in [1.165, 1.54) is 5.56 Å². The van der Waals surface area contributed by atoms with Crippen LogP contribution in [0.1, 0.15) is 38.2 Å². The van der Waals surface area contributed by atoms with Gasteiger partial charge in [0.15, 0.2) is 0 Å². The minimum absolute atomic E-state index is 0.0133. The van der Waals surface area contributed by atoms with Crippen LogP contribution in [0.3, 0.4) is 0 Å². The Bertz CT molecular complexity index is 517. The molecule has 1 aromatic rings. The number of benzene rings is 1. The second-order valence-electron chi connectivity index (χ2n) is 6.21. The number of fused-ring (bicyclic) bond motifs is 1. The van der Waals surface area contributed by atoms with E-state index < -0.39 is 0 Å². The maximum absolute atomic E-state index is 12.1. The quantitative estimate of drug-likeness (QED) is 0.869. The minimum atomic E-state index is -0.0391. The molecule has 1 heterocycles. The second kappa shape index (κ2) is 7.14. The summed E-state index contributed by atoms with van der Waals surface area (Å²) in [6, 6.07) is 8.85. The minimum Gasteiger partial charge on any atom is -0.493 e. The zero-order valence-electron chi connectivity index (χ0n) is 13.2. The van der Waals surface area contributed by atoms with E-state index in [1.54, 1.807) is 0 Å². The number of hydrogen-bond donors (Lipinski definition) is 1. The number of carbonyl (C=O) groups excluding carboxylic acids is 1. The first-order valence-corrected chi connectivity index (χ1v) is 8.41. The second-order valence-corrected chi connectivity index (χ2v) is 6.21. The van der Waals surface area contributed by atoms with Gasteiger partial charge < -0.3 is 14.8 Å². The highest BCUT2D eigenvalue weighted by Crippen LogP contribution is 2.29. The number of hydrogen-bond acceptors (Lipinski definition) is 4. The molecule has 2 aliphatic rings. The van der Waals surface area contributed by atoms with Crippen LogP contribution < -0.4 is 10.1 Å². The van der Waals surface area contributed by atoms with E-state index in [1.807, 2.05) is 19.1 Å². The number of esters is 1. The third-order valence-electron chi connectivity index (χ3n) is 4.72. The van der Waals surface area contributed by atoms with E-state index >= 15 is 0 Å². The van der Waals surface area contributed by atoms with Gasteiger partial charge >= 0.3 is 5.97 Å². The Hall–Kier alpha value is -1.55. The van der Waals surface area contributed by atoms with E-state index in [9.17, 15) is 4.79 Å². The summed E-state index contributed by atoms with van der Waals surface area (Å²) < 4.78 is 11.0. The van der Waals surface area contributed by atoms with Crippen LogP contribution in [0.15, 0.2) is 24.3 Å². The van der Waals surface area contributed by atoms with Gasteiger partial charge in [-0.2, -0.15) is 0 Å². The van der Waals surface area contributed by atoms with Crippen molar-refractivity contribution in [1.82, 2.24) is 5.32 Å². The molecule has 3 atom stereocenters. The van der Waals surface area contributed by atoms with Crippen LogP contribution >= 0.6 is 0 Å². The zero-order valence-corrected chi connectivity index (χ0v) is 13.2. The lowest BCUT2D eigenvalue weighted by atomic mass is 9.99. The molecule has 0 bridgehead atoms. The van der Waals surface area contributed by atoms with Crippen LogP contribution in [0.25, 0.3) is 0 Å². The van der Waals surface area contributed by atoms with E-state index in [0.29, 0.717) is 12.6 Å². The fourth-order valence-electron chi connectivity index (χ4n) is 3.63. The van der Waals surface area contributed by atoms with Gasteiger partial charge in [-0.15, -0.1) is 0 Å². The average molecular weight is 303 g/mol. The van der Waals surface area contributed by atoms with Crippen LogP contribution in [0.2, 0.25) is 0 Å². The van der Waals surface area contributed by atoms with Crippen molar-refractivity contribution in [3.8, 4) is 5.75 Å². The average Bonchev–Trinajstić information content (AvgIpc) is 2.87. The number of nitrogens with one attached hydrogen (secondary N) is 1. The molecule has 1 saturated carbocycles. The molecule has 120 valence electrons. The van der Waals surface area contributed by atoms with Crippen molar-refractivity contribution in [1.29, 1.82) is 0 Å². The smallest absolute Gasteiger partial charge is 0.310 e. The highest BCUT2D eigenvalue weighted by atomic mass is 16.5. The van der Waals surface area contributed by atoms with Gasteiger partial charge in [0.05, 0.1) is 19.1 Å². The Morgan fingerprint density at radius 1 is 1.32 bits per heavy atom. The molecule has 1 fully saturated rings. The van der Waals surface area contributed by atoms with Crippen LogP contribution in [-0.2, 0) is 16.0 Å². The van der Waals surface area contributed by atoms with Gasteiger partial charge in [-0.3, -0.25) is 4.79 Å². The summed E-state index contributed by atoms with van der Waals surface area (Å²) >= 11 is 0. The molecule has 4 nitrogen and oxygen atoms in total. The number of ether oxygens (including phenoxy) is 2. The van der Waals surface area contributed by atoms with Crippen molar-refractivity contribution in [2.75, 3.05) is 13.2 Å². The molecule has 1 unspecified atom stereocenters. The molecule has 1 aliphatic heterocycles. The van der Waals surface area contributed by atoms with Crippen molar-refractivity contribution in [3.05, 3.63) is 29.8 Å². The molecule has 0 spiro atoms. The Labute approximate surface area is 132 Å². The highest BCUT2D eigenvalue weighted by molar-refractivity contribution is 5.73. The van der Waals surface area contributed by atoms with Crippen LogP contribution in [0.5, 0.6) is 5.75 Å². The third-order valence-corrected chi connectivity index (χ3v) is 4.72. The summed E-state index contributed by atoms with van der Waals surface area (Å²) in [7, 11) is 0. The lowest BCUT2D eigenvalue weighted by molar-refractivity contribution is -0.148. The van der Waals surface area contributed by atoms with E-state index in [4.69, 9.17) is 9.47 Å². The lowest BCUT2D eigenvalue weighted by Gasteiger charge is -2.25. The first-order valence-electron chi connectivity index (χ1n) is 8.41. The van der Waals surface area contributed by atoms with Crippen molar-refractivity contribution in [3.63, 3.8) is 0 Å². The number of rotatable bonds is 4. The van der Waals surface area contributed by atoms with Crippen molar-refractivity contribution < 1.29 is 14.3 Å². The van der Waals surface area contributed by atoms with E-state index in [-0.39, 0.29) is 17.9 Å². The third kappa shape index (κ3) is 3.43. The lowest BCUT2D eigenvalue weighted by Crippen LogP contribution is -2.44. The monoisotopic (exact) mass is 303 g/mol. The summed E-state index contributed by atoms with van der Waals surface area (Å²) in [4.78, 5) is 12.1. The largest absolute Gasteiger partial charge is 0.493 e. The van der Waals surface area contributed by atoms with E-state index in [0.717, 1.165) is 44.5 Å². The standard InChI is InChI=1S/C18H25NO3/c1-2-21-18(20)15-7-5-8-16(15)19-14-10-11-22-17-9-4-3-6-13(17)12-14/h3-4,6,9,14-16,19H,2,5,7-8,10-12H2,1H3/t14?,15-,16+/m1/s1. The Kier molecular flexibility index (Phi) is 4.98. The van der Waals surface area contributed by atoms with Gasteiger partial charge in [-0.05, 0) is 44.2 Å². The first-order chi connectivity index (χ1) is 10.8. The Morgan fingerprint density at radius 3 is 3.05 bits per heavy atom. The predicted octanol–water partition coefficient (Wildman–Crippen LogP) is 2.70. The summed E-state index contributed by atoms with van der Waals surface area (Å²) in [5.41, 5.74) is 1.25. The fraction of sp³-hybridized carbons (Fsp3) is 0.611. The summed E-state index contributed by atoms with van der Waals surface area (Å²) in [6.07, 6.45) is 5.03. The molecule has 22 heavy (non-hydrogen) atoms. The van der Waals surface area contributed by atoms with E-state index in [2.05, 4.69) is 17.4 Å². The Morgan fingerprint density at radius 2 is 2.18 bits per heavy atom. The van der Waals surface area contributed by atoms with Crippen LogP contribution in [-0.4, -0.2) is 31.3 Å². The zero-order chi connectivity index (χ0) is 15.4. The molecule has 0 saturated heterocycles. The maximum atomic E-state index is 12.1. The topological polar surface area (TPSA) is 47.6 Å². The van der Waals surface area contributed by atoms with Gasteiger partial charge in [0.25, 0.3) is 0 Å². The summed E-state index contributed by atoms with van der Waals surface area (Å²) in [6.45, 7) is 3.06. The fourth-order valence-corrected chi connectivity index (χ4v) is 3.63. The molecule has 4 heteroatoms. The molecule has 1 aromatic carbocycles. The molecule has 1 aliphatic carbocycles. The van der Waals surface area contributed by atoms with Crippen molar-refractivity contribution in [2.24, 2.45) is 5.92 Å². The van der Waals surface area contributed by atoms with Crippen LogP contribution in [0.4, 0.5) is 0 Å². The molecule has 0 radical (unpaired) electrons. The van der Waals surface area contributed by atoms with Gasteiger partial charge in [-0.25, -0.2) is 0 Å². The molecule has 0 aromatic heterocycles. The summed E-state index contributed by atoms with van der Waals surface area (Å²) in [5.74, 6) is 0.974. The van der Waals surface area contributed by atoms with Gasteiger partial charge in [0, 0.05) is 12.1 Å². The number of carbonyl (C=O) groups is 1. The van der Waals surface area contributed by atoms with Gasteiger partial charge in [0.1, 0.15) is 5.75 Å². The molecular formula is C18H25NO3. The van der Waals surface area contributed by atoms with Crippen LogP contribution in [0, 0.1) is 5.92 Å². The first kappa shape index (κ1) is 15.3. The van der Waals surface area contributed by atoms with Gasteiger partial charge in [-0.1, -0.05) is 24.6 Å². The maximum Gasteiger partial charge on any atom is 0.310 e. The normalized spacial score (nSPS) is 27.6. The molecule has 3 rings (SSSR count).